The molecule has 1 aromatic carbocycles. The summed E-state index contributed by atoms with van der Waals surface area (Å²) in [5.74, 6) is 1.22. The lowest BCUT2D eigenvalue weighted by atomic mass is 9.75. The molecule has 0 saturated heterocycles. The number of dihydropyridines is 1. The van der Waals surface area contributed by atoms with Gasteiger partial charge in [0.2, 0.25) is 0 Å². The van der Waals surface area contributed by atoms with E-state index in [1.54, 1.807) is 23.5 Å². The Hall–Kier alpha value is -1.66. The fourth-order valence-electron chi connectivity index (χ4n) is 3.80. The molecule has 0 radical (unpaired) electrons. The molecule has 2 aliphatic rings. The van der Waals surface area contributed by atoms with Crippen molar-refractivity contribution >= 4 is 35.3 Å². The second kappa shape index (κ2) is 9.70. The summed E-state index contributed by atoms with van der Waals surface area (Å²) in [5.41, 5.74) is 4.03. The predicted molar refractivity (Wildman–Crippen MR) is 117 cm³/mol. The Bertz CT molecular complexity index is 812. The second-order valence-corrected chi connectivity index (χ2v) is 9.15. The molecule has 0 saturated carbocycles. The third-order valence-corrected chi connectivity index (χ3v) is 6.72. The van der Waals surface area contributed by atoms with E-state index in [2.05, 4.69) is 12.2 Å². The average molecular weight is 418 g/mol. The Morgan fingerprint density at radius 1 is 1.25 bits per heavy atom. The number of benzene rings is 1. The van der Waals surface area contributed by atoms with E-state index in [4.69, 9.17) is 4.74 Å². The smallest absolute Gasteiger partial charge is 0.336 e. The van der Waals surface area contributed by atoms with Crippen LogP contribution in [-0.4, -0.2) is 36.1 Å². The maximum Gasteiger partial charge on any atom is 0.336 e. The van der Waals surface area contributed by atoms with Crippen LogP contribution in [0.25, 0.3) is 0 Å². The lowest BCUT2D eigenvalue weighted by Gasteiger charge is -2.34. The number of esters is 1. The van der Waals surface area contributed by atoms with Gasteiger partial charge in [-0.1, -0.05) is 19.1 Å². The van der Waals surface area contributed by atoms with Gasteiger partial charge >= 0.3 is 5.97 Å². The normalized spacial score (nSPS) is 19.4. The summed E-state index contributed by atoms with van der Waals surface area (Å²) < 4.78 is 5.57. The van der Waals surface area contributed by atoms with E-state index in [1.807, 2.05) is 37.4 Å². The van der Waals surface area contributed by atoms with Crippen LogP contribution in [-0.2, 0) is 14.3 Å². The highest BCUT2D eigenvalue weighted by Gasteiger charge is 2.39. The van der Waals surface area contributed by atoms with Gasteiger partial charge in [0, 0.05) is 40.0 Å². The molecule has 0 fully saturated rings. The maximum absolute atomic E-state index is 13.0. The Balaban J connectivity index is 1.97. The van der Waals surface area contributed by atoms with Gasteiger partial charge in [-0.3, -0.25) is 4.79 Å². The number of thioether (sulfide) groups is 2. The van der Waals surface area contributed by atoms with Crippen LogP contribution in [0.2, 0.25) is 0 Å². The molecule has 6 heteroatoms. The minimum atomic E-state index is -0.355. The zero-order valence-electron chi connectivity index (χ0n) is 16.7. The second-order valence-electron chi connectivity index (χ2n) is 6.87. The number of nitrogens with one attached hydrogen (secondary N) is 1. The molecule has 1 aliphatic carbocycles. The van der Waals surface area contributed by atoms with Crippen LogP contribution in [0.3, 0.4) is 0 Å². The van der Waals surface area contributed by atoms with Gasteiger partial charge in [0.05, 0.1) is 5.57 Å². The standard InChI is InChI=1S/C22H27NO3S2/c1-4-28-13-12-26-22(25)19-14(2)23-17-6-5-7-18(24)21(17)20(19)15-8-10-16(27-3)11-9-15/h8-11,20,23H,4-7,12-13H2,1-3H3. The number of hydrogen-bond donors (Lipinski definition) is 1. The van der Waals surface area contributed by atoms with Crippen LogP contribution >= 0.6 is 23.5 Å². The van der Waals surface area contributed by atoms with E-state index >= 15 is 0 Å². The first-order valence-electron chi connectivity index (χ1n) is 9.69. The van der Waals surface area contributed by atoms with Crippen LogP contribution in [0, 0.1) is 0 Å². The van der Waals surface area contributed by atoms with Crippen molar-refractivity contribution in [2.75, 3.05) is 24.4 Å². The van der Waals surface area contributed by atoms with E-state index in [0.717, 1.165) is 51.8 Å². The zero-order chi connectivity index (χ0) is 20.1. The molecule has 0 bridgehead atoms. The Kier molecular flexibility index (Phi) is 7.30. The molecule has 0 spiro atoms. The van der Waals surface area contributed by atoms with Gasteiger partial charge in [-0.05, 0) is 49.5 Å². The van der Waals surface area contributed by atoms with Crippen molar-refractivity contribution in [2.45, 2.75) is 43.9 Å². The van der Waals surface area contributed by atoms with Gasteiger partial charge in [0.15, 0.2) is 5.78 Å². The van der Waals surface area contributed by atoms with Crippen molar-refractivity contribution < 1.29 is 14.3 Å². The van der Waals surface area contributed by atoms with Crippen LogP contribution in [0.5, 0.6) is 0 Å². The van der Waals surface area contributed by atoms with Gasteiger partial charge in [-0.15, -0.1) is 11.8 Å². The molecule has 0 aromatic heterocycles. The SMILES string of the molecule is CCSCCOC(=O)C1=C(C)NC2=C(C(=O)CCC2)C1c1ccc(SC)cc1. The molecule has 150 valence electrons. The predicted octanol–water partition coefficient (Wildman–Crippen LogP) is 4.67. The highest BCUT2D eigenvalue weighted by Crippen LogP contribution is 2.42. The number of Topliss-reactive ketones (excluding diaryl/α,β-unsaturated/α-hetero) is 1. The first kappa shape index (κ1) is 21.1. The Morgan fingerprint density at radius 2 is 2.00 bits per heavy atom. The number of carbonyl (C=O) groups excluding carboxylic acids is 2. The number of carbonyl (C=O) groups is 2. The average Bonchev–Trinajstić information content (AvgIpc) is 2.70. The van der Waals surface area contributed by atoms with E-state index in [0.29, 0.717) is 18.6 Å². The highest BCUT2D eigenvalue weighted by molar-refractivity contribution is 7.99. The van der Waals surface area contributed by atoms with Crippen molar-refractivity contribution in [3.05, 3.63) is 52.4 Å². The largest absolute Gasteiger partial charge is 0.461 e. The van der Waals surface area contributed by atoms with Gasteiger partial charge in [-0.25, -0.2) is 4.79 Å². The van der Waals surface area contributed by atoms with Crippen molar-refractivity contribution in [3.63, 3.8) is 0 Å². The molecule has 28 heavy (non-hydrogen) atoms. The van der Waals surface area contributed by atoms with Gasteiger partial charge < -0.3 is 10.1 Å². The minimum absolute atomic E-state index is 0.132. The molecule has 1 aromatic rings. The first-order valence-corrected chi connectivity index (χ1v) is 12.1. The number of allylic oxidation sites excluding steroid dienone is 3. The molecule has 4 nitrogen and oxygen atoms in total. The fraction of sp³-hybridized carbons (Fsp3) is 0.455. The summed E-state index contributed by atoms with van der Waals surface area (Å²) in [6, 6.07) is 8.15. The summed E-state index contributed by atoms with van der Waals surface area (Å²) in [6.07, 6.45) is 4.26. The van der Waals surface area contributed by atoms with Crippen LogP contribution in [0.1, 0.15) is 44.6 Å². The monoisotopic (exact) mass is 417 g/mol. The Labute approximate surface area is 175 Å². The summed E-state index contributed by atoms with van der Waals surface area (Å²) in [5, 5.41) is 3.33. The quantitative estimate of drug-likeness (QED) is 0.395. The van der Waals surface area contributed by atoms with E-state index in [9.17, 15) is 9.59 Å². The van der Waals surface area contributed by atoms with Crippen molar-refractivity contribution in [1.29, 1.82) is 0 Å². The minimum Gasteiger partial charge on any atom is -0.461 e. The molecule has 1 N–H and O–H groups in total. The summed E-state index contributed by atoms with van der Waals surface area (Å²) in [7, 11) is 0. The summed E-state index contributed by atoms with van der Waals surface area (Å²) >= 11 is 3.42. The van der Waals surface area contributed by atoms with E-state index in [1.165, 1.54) is 0 Å². The van der Waals surface area contributed by atoms with Crippen molar-refractivity contribution in [2.24, 2.45) is 0 Å². The third-order valence-electron chi connectivity index (χ3n) is 5.11. The number of ether oxygens (including phenoxy) is 1. The topological polar surface area (TPSA) is 55.4 Å². The molecule has 1 unspecified atom stereocenters. The van der Waals surface area contributed by atoms with Crippen molar-refractivity contribution in [3.8, 4) is 0 Å². The fourth-order valence-corrected chi connectivity index (χ4v) is 4.70. The zero-order valence-corrected chi connectivity index (χ0v) is 18.3. The molecule has 1 aliphatic heterocycles. The number of ketones is 1. The van der Waals surface area contributed by atoms with Crippen LogP contribution in [0.15, 0.2) is 51.7 Å². The third kappa shape index (κ3) is 4.49. The van der Waals surface area contributed by atoms with Crippen LogP contribution < -0.4 is 5.32 Å². The van der Waals surface area contributed by atoms with Gasteiger partial charge in [-0.2, -0.15) is 11.8 Å². The van der Waals surface area contributed by atoms with E-state index < -0.39 is 0 Å². The maximum atomic E-state index is 13.0. The number of rotatable bonds is 7. The highest BCUT2D eigenvalue weighted by atomic mass is 32.2. The van der Waals surface area contributed by atoms with Gasteiger partial charge in [0.25, 0.3) is 0 Å². The van der Waals surface area contributed by atoms with Gasteiger partial charge in [0.1, 0.15) is 6.61 Å². The molecular formula is C22H27NO3S2. The lowest BCUT2D eigenvalue weighted by Crippen LogP contribution is -2.34. The van der Waals surface area contributed by atoms with Crippen LogP contribution in [0.4, 0.5) is 0 Å². The van der Waals surface area contributed by atoms with E-state index in [-0.39, 0.29) is 17.7 Å². The molecule has 1 atom stereocenters. The first-order chi connectivity index (χ1) is 13.6. The molecular weight excluding hydrogens is 390 g/mol. The molecule has 3 rings (SSSR count). The Morgan fingerprint density at radius 3 is 2.68 bits per heavy atom. The summed E-state index contributed by atoms with van der Waals surface area (Å²) in [4.78, 5) is 27.0. The summed E-state index contributed by atoms with van der Waals surface area (Å²) in [6.45, 7) is 4.37. The molecule has 0 amide bonds. The molecule has 1 heterocycles. The number of hydrogen-bond acceptors (Lipinski definition) is 6. The lowest BCUT2D eigenvalue weighted by molar-refractivity contribution is -0.138. The van der Waals surface area contributed by atoms with Crippen molar-refractivity contribution in [1.82, 2.24) is 5.32 Å².